The Kier molecular flexibility index (Phi) is 4.31. The zero-order valence-electron chi connectivity index (χ0n) is 14.4. The summed E-state index contributed by atoms with van der Waals surface area (Å²) in [6, 6.07) is 5.74. The van der Waals surface area contributed by atoms with Crippen LogP contribution in [0.4, 0.5) is 0 Å². The number of ether oxygens (including phenoxy) is 2. The van der Waals surface area contributed by atoms with Gasteiger partial charge in [0.25, 0.3) is 0 Å². The van der Waals surface area contributed by atoms with Crippen LogP contribution in [0.25, 0.3) is 0 Å². The molecule has 25 heavy (non-hydrogen) atoms. The predicted octanol–water partition coefficient (Wildman–Crippen LogP) is 2.25. The number of rotatable bonds is 4. The molecule has 1 fully saturated rings. The van der Waals surface area contributed by atoms with Crippen molar-refractivity contribution in [2.24, 2.45) is 0 Å². The van der Waals surface area contributed by atoms with Crippen molar-refractivity contribution in [2.45, 2.75) is 38.3 Å². The highest BCUT2D eigenvalue weighted by Crippen LogP contribution is 2.39. The lowest BCUT2D eigenvalue weighted by Crippen LogP contribution is -2.42. The number of fused-ring (bicyclic) bond motifs is 1. The fourth-order valence-electron chi connectivity index (χ4n) is 3.46. The van der Waals surface area contributed by atoms with Gasteiger partial charge in [0, 0.05) is 44.0 Å². The lowest BCUT2D eigenvalue weighted by atomic mass is 9.84. The number of aliphatic hydroxyl groups is 1. The minimum absolute atomic E-state index is 0.254. The van der Waals surface area contributed by atoms with E-state index in [2.05, 4.69) is 21.8 Å². The molecular weight excluding hydrogens is 318 g/mol. The first-order valence-corrected chi connectivity index (χ1v) is 8.81. The highest BCUT2D eigenvalue weighted by molar-refractivity contribution is 5.46. The van der Waals surface area contributed by atoms with Gasteiger partial charge in [-0.25, -0.2) is 9.97 Å². The number of hydrogen-bond donors (Lipinski definition) is 1. The van der Waals surface area contributed by atoms with Gasteiger partial charge in [0.1, 0.15) is 5.82 Å². The van der Waals surface area contributed by atoms with E-state index in [4.69, 9.17) is 9.47 Å². The normalized spacial score (nSPS) is 19.1. The standard InChI is InChI=1S/C19H23N3O3/c1-2-18-20-10-14(11-21-18)12-22-7-5-19(23,6-8-22)15-3-4-16-17(9-15)25-13-24-16/h3-4,9-11,23H,2,5-8,12-13H2,1H3. The van der Waals surface area contributed by atoms with E-state index >= 15 is 0 Å². The summed E-state index contributed by atoms with van der Waals surface area (Å²) in [4.78, 5) is 11.1. The second-order valence-corrected chi connectivity index (χ2v) is 6.74. The van der Waals surface area contributed by atoms with Crippen molar-refractivity contribution in [3.05, 3.63) is 47.5 Å². The summed E-state index contributed by atoms with van der Waals surface area (Å²) in [5, 5.41) is 11.1. The molecule has 0 amide bonds. The zero-order valence-corrected chi connectivity index (χ0v) is 14.4. The van der Waals surface area contributed by atoms with Crippen LogP contribution in [0.5, 0.6) is 11.5 Å². The molecule has 1 N–H and O–H groups in total. The molecule has 1 saturated heterocycles. The van der Waals surface area contributed by atoms with E-state index in [0.717, 1.165) is 54.5 Å². The Morgan fingerprint density at radius 3 is 2.56 bits per heavy atom. The number of benzene rings is 1. The number of aromatic nitrogens is 2. The maximum atomic E-state index is 11.1. The van der Waals surface area contributed by atoms with Crippen LogP contribution in [0.1, 0.15) is 36.7 Å². The Morgan fingerprint density at radius 2 is 1.84 bits per heavy atom. The fourth-order valence-corrected chi connectivity index (χ4v) is 3.46. The maximum absolute atomic E-state index is 11.1. The molecule has 4 rings (SSSR count). The lowest BCUT2D eigenvalue weighted by molar-refractivity contribution is -0.0278. The van der Waals surface area contributed by atoms with E-state index in [1.807, 2.05) is 30.6 Å². The Labute approximate surface area is 147 Å². The first-order chi connectivity index (χ1) is 12.2. The monoisotopic (exact) mass is 341 g/mol. The summed E-state index contributed by atoms with van der Waals surface area (Å²) < 4.78 is 10.8. The van der Waals surface area contributed by atoms with Gasteiger partial charge in [-0.05, 0) is 30.5 Å². The van der Waals surface area contributed by atoms with Crippen LogP contribution in [-0.4, -0.2) is 39.9 Å². The first-order valence-electron chi connectivity index (χ1n) is 8.81. The maximum Gasteiger partial charge on any atom is 0.231 e. The van der Waals surface area contributed by atoms with Crippen LogP contribution in [0.15, 0.2) is 30.6 Å². The van der Waals surface area contributed by atoms with Crippen molar-refractivity contribution >= 4 is 0 Å². The van der Waals surface area contributed by atoms with Gasteiger partial charge in [-0.15, -0.1) is 0 Å². The van der Waals surface area contributed by atoms with E-state index < -0.39 is 5.60 Å². The van der Waals surface area contributed by atoms with Crippen molar-refractivity contribution in [3.63, 3.8) is 0 Å². The molecular formula is C19H23N3O3. The van der Waals surface area contributed by atoms with Crippen LogP contribution in [0.3, 0.4) is 0 Å². The number of aryl methyl sites for hydroxylation is 1. The molecule has 0 atom stereocenters. The van der Waals surface area contributed by atoms with Gasteiger partial charge in [-0.2, -0.15) is 0 Å². The predicted molar refractivity (Wildman–Crippen MR) is 92.4 cm³/mol. The Hall–Kier alpha value is -2.18. The Balaban J connectivity index is 1.40. The third-order valence-corrected chi connectivity index (χ3v) is 5.07. The average molecular weight is 341 g/mol. The van der Waals surface area contributed by atoms with Crippen LogP contribution in [-0.2, 0) is 18.6 Å². The van der Waals surface area contributed by atoms with Gasteiger partial charge in [-0.1, -0.05) is 13.0 Å². The van der Waals surface area contributed by atoms with Gasteiger partial charge in [0.05, 0.1) is 5.60 Å². The summed E-state index contributed by atoms with van der Waals surface area (Å²) in [6.45, 7) is 4.79. The summed E-state index contributed by atoms with van der Waals surface area (Å²) in [5.41, 5.74) is 1.22. The van der Waals surface area contributed by atoms with Gasteiger partial charge in [0.2, 0.25) is 6.79 Å². The Morgan fingerprint density at radius 1 is 1.12 bits per heavy atom. The fraction of sp³-hybridized carbons (Fsp3) is 0.474. The summed E-state index contributed by atoms with van der Waals surface area (Å²) in [7, 11) is 0. The third kappa shape index (κ3) is 3.32. The minimum Gasteiger partial charge on any atom is -0.454 e. The highest BCUT2D eigenvalue weighted by atomic mass is 16.7. The first kappa shape index (κ1) is 16.3. The SMILES string of the molecule is CCc1ncc(CN2CCC(O)(c3ccc4c(c3)OCO4)CC2)cn1. The molecule has 6 nitrogen and oxygen atoms in total. The largest absolute Gasteiger partial charge is 0.454 e. The third-order valence-electron chi connectivity index (χ3n) is 5.07. The summed E-state index contributed by atoms with van der Waals surface area (Å²) >= 11 is 0. The Bertz CT molecular complexity index is 740. The van der Waals surface area contributed by atoms with Crippen molar-refractivity contribution in [3.8, 4) is 11.5 Å². The van der Waals surface area contributed by atoms with Crippen LogP contribution < -0.4 is 9.47 Å². The molecule has 2 aliphatic rings. The van der Waals surface area contributed by atoms with Gasteiger partial charge < -0.3 is 14.6 Å². The molecule has 3 heterocycles. The van der Waals surface area contributed by atoms with Crippen molar-refractivity contribution < 1.29 is 14.6 Å². The summed E-state index contributed by atoms with van der Waals surface area (Å²) in [5.74, 6) is 2.35. The highest BCUT2D eigenvalue weighted by Gasteiger charge is 2.35. The molecule has 0 spiro atoms. The molecule has 1 aromatic heterocycles. The molecule has 0 saturated carbocycles. The molecule has 0 radical (unpaired) electrons. The van der Waals surface area contributed by atoms with E-state index in [0.29, 0.717) is 12.8 Å². The molecule has 132 valence electrons. The molecule has 1 aromatic carbocycles. The number of piperidine rings is 1. The van der Waals surface area contributed by atoms with Gasteiger partial charge in [-0.3, -0.25) is 4.90 Å². The second kappa shape index (κ2) is 6.61. The topological polar surface area (TPSA) is 67.7 Å². The smallest absolute Gasteiger partial charge is 0.231 e. The zero-order chi connectivity index (χ0) is 17.3. The molecule has 0 unspecified atom stereocenters. The van der Waals surface area contributed by atoms with E-state index in [1.54, 1.807) is 0 Å². The van der Waals surface area contributed by atoms with E-state index in [1.165, 1.54) is 0 Å². The number of nitrogens with zero attached hydrogens (tertiary/aromatic N) is 3. The molecule has 0 aliphatic carbocycles. The van der Waals surface area contributed by atoms with Crippen molar-refractivity contribution in [1.82, 2.24) is 14.9 Å². The van der Waals surface area contributed by atoms with Crippen LogP contribution in [0, 0.1) is 0 Å². The molecule has 0 bridgehead atoms. The van der Waals surface area contributed by atoms with Gasteiger partial charge >= 0.3 is 0 Å². The molecule has 2 aliphatic heterocycles. The lowest BCUT2D eigenvalue weighted by Gasteiger charge is -2.38. The van der Waals surface area contributed by atoms with Crippen LogP contribution in [0.2, 0.25) is 0 Å². The van der Waals surface area contributed by atoms with Crippen molar-refractivity contribution in [1.29, 1.82) is 0 Å². The number of likely N-dealkylation sites (tertiary alicyclic amines) is 1. The van der Waals surface area contributed by atoms with E-state index in [-0.39, 0.29) is 6.79 Å². The van der Waals surface area contributed by atoms with Crippen molar-refractivity contribution in [2.75, 3.05) is 19.9 Å². The second-order valence-electron chi connectivity index (χ2n) is 6.74. The molecule has 6 heteroatoms. The minimum atomic E-state index is -0.806. The summed E-state index contributed by atoms with van der Waals surface area (Å²) in [6.07, 6.45) is 6.06. The molecule has 2 aromatic rings. The quantitative estimate of drug-likeness (QED) is 0.920. The van der Waals surface area contributed by atoms with Gasteiger partial charge in [0.15, 0.2) is 11.5 Å². The van der Waals surface area contributed by atoms with E-state index in [9.17, 15) is 5.11 Å². The van der Waals surface area contributed by atoms with Crippen LogP contribution >= 0.6 is 0 Å². The number of hydrogen-bond acceptors (Lipinski definition) is 6. The average Bonchev–Trinajstić information content (AvgIpc) is 3.12.